The maximum atomic E-state index is 12.7. The van der Waals surface area contributed by atoms with Crippen LogP contribution in [0.15, 0.2) is 50.7 Å². The molecular formula is C20H23N3O3S. The summed E-state index contributed by atoms with van der Waals surface area (Å²) in [4.78, 5) is 14.5. The van der Waals surface area contributed by atoms with Gasteiger partial charge in [-0.2, -0.15) is 0 Å². The zero-order valence-electron chi connectivity index (χ0n) is 15.8. The second kappa shape index (κ2) is 8.90. The summed E-state index contributed by atoms with van der Waals surface area (Å²) in [5.41, 5.74) is 3.11. The van der Waals surface area contributed by atoms with Gasteiger partial charge in [0.15, 0.2) is 0 Å². The first-order valence-electron chi connectivity index (χ1n) is 8.91. The zero-order chi connectivity index (χ0) is 19.2. The lowest BCUT2D eigenvalue weighted by atomic mass is 10.1. The van der Waals surface area contributed by atoms with Crippen LogP contribution >= 0.6 is 11.8 Å². The molecule has 7 heteroatoms. The van der Waals surface area contributed by atoms with Crippen molar-refractivity contribution in [3.8, 4) is 11.5 Å². The Morgan fingerprint density at radius 3 is 2.59 bits per heavy atom. The highest BCUT2D eigenvalue weighted by Gasteiger charge is 2.17. The van der Waals surface area contributed by atoms with Crippen LogP contribution in [0.5, 0.6) is 0 Å². The lowest BCUT2D eigenvalue weighted by Gasteiger charge is -2.22. The first-order valence-corrected chi connectivity index (χ1v) is 9.89. The molecule has 0 unspecified atom stereocenters. The summed E-state index contributed by atoms with van der Waals surface area (Å²) in [6.07, 6.45) is 2.49. The molecule has 0 N–H and O–H groups in total. The fourth-order valence-electron chi connectivity index (χ4n) is 2.67. The molecule has 6 nitrogen and oxygen atoms in total. The number of furan rings is 1. The highest BCUT2D eigenvalue weighted by molar-refractivity contribution is 7.99. The molecule has 0 radical (unpaired) electrons. The van der Waals surface area contributed by atoms with E-state index in [-0.39, 0.29) is 11.7 Å². The number of aryl methyl sites for hydroxylation is 2. The summed E-state index contributed by atoms with van der Waals surface area (Å²) in [5.74, 6) is 1.44. The smallest absolute Gasteiger partial charge is 0.277 e. The Balaban J connectivity index is 1.60. The Kier molecular flexibility index (Phi) is 6.34. The Hall–Kier alpha value is -2.54. The summed E-state index contributed by atoms with van der Waals surface area (Å²) < 4.78 is 10.9. The van der Waals surface area contributed by atoms with Crippen LogP contribution in [0.25, 0.3) is 11.5 Å². The molecule has 0 aliphatic rings. The molecule has 0 aliphatic heterocycles. The third-order valence-electron chi connectivity index (χ3n) is 4.16. The summed E-state index contributed by atoms with van der Waals surface area (Å²) in [6, 6.07) is 10.0. The molecule has 2 aromatic heterocycles. The number of thioether (sulfide) groups is 1. The quantitative estimate of drug-likeness (QED) is 0.533. The Bertz CT molecular complexity index is 886. The van der Waals surface area contributed by atoms with Gasteiger partial charge in [0.2, 0.25) is 5.91 Å². The fourth-order valence-corrected chi connectivity index (χ4v) is 3.34. The Labute approximate surface area is 163 Å². The molecule has 142 valence electrons. The maximum Gasteiger partial charge on any atom is 0.277 e. The average Bonchev–Trinajstić information content (AvgIpc) is 3.29. The van der Waals surface area contributed by atoms with Crippen LogP contribution in [0, 0.1) is 13.8 Å². The molecule has 3 rings (SSSR count). The number of carbonyl (C=O) groups excluding carboxylic acids is 1. The number of aromatic nitrogens is 2. The molecule has 0 atom stereocenters. The van der Waals surface area contributed by atoms with Crippen LogP contribution in [0.4, 0.5) is 0 Å². The van der Waals surface area contributed by atoms with Crippen molar-refractivity contribution in [2.24, 2.45) is 0 Å². The number of hydrogen-bond acceptors (Lipinski definition) is 6. The van der Waals surface area contributed by atoms with Crippen LogP contribution in [0.3, 0.4) is 0 Å². The van der Waals surface area contributed by atoms with Crippen molar-refractivity contribution in [1.29, 1.82) is 0 Å². The first kappa shape index (κ1) is 19.2. The number of amides is 1. The molecule has 1 aromatic carbocycles. The van der Waals surface area contributed by atoms with Gasteiger partial charge in [0.05, 0.1) is 17.6 Å². The van der Waals surface area contributed by atoms with E-state index < -0.39 is 0 Å². The summed E-state index contributed by atoms with van der Waals surface area (Å²) in [5, 5.41) is 8.43. The third kappa shape index (κ3) is 5.01. The van der Waals surface area contributed by atoms with Gasteiger partial charge in [-0.25, -0.2) is 0 Å². The van der Waals surface area contributed by atoms with Gasteiger partial charge in [-0.05, 0) is 31.9 Å². The van der Waals surface area contributed by atoms with Gasteiger partial charge >= 0.3 is 0 Å². The minimum Gasteiger partial charge on any atom is -0.469 e. The van der Waals surface area contributed by atoms with Crippen molar-refractivity contribution in [1.82, 2.24) is 15.1 Å². The van der Waals surface area contributed by atoms with Crippen LogP contribution in [-0.4, -0.2) is 33.3 Å². The lowest BCUT2D eigenvalue weighted by molar-refractivity contribution is -0.129. The fraction of sp³-hybridized carbons (Fsp3) is 0.350. The predicted octanol–water partition coefficient (Wildman–Crippen LogP) is 4.48. The van der Waals surface area contributed by atoms with Crippen molar-refractivity contribution < 1.29 is 13.6 Å². The molecule has 0 saturated carbocycles. The molecule has 0 fully saturated rings. The van der Waals surface area contributed by atoms with E-state index >= 15 is 0 Å². The molecule has 0 bridgehead atoms. The summed E-state index contributed by atoms with van der Waals surface area (Å²) in [7, 11) is 0. The van der Waals surface area contributed by atoms with E-state index in [4.69, 9.17) is 8.83 Å². The van der Waals surface area contributed by atoms with E-state index in [2.05, 4.69) is 48.3 Å². The molecule has 0 spiro atoms. The van der Waals surface area contributed by atoms with Gasteiger partial charge in [0.1, 0.15) is 5.76 Å². The van der Waals surface area contributed by atoms with Gasteiger partial charge in [-0.1, -0.05) is 48.5 Å². The Morgan fingerprint density at radius 2 is 1.93 bits per heavy atom. The van der Waals surface area contributed by atoms with E-state index in [9.17, 15) is 4.79 Å². The van der Waals surface area contributed by atoms with Crippen molar-refractivity contribution in [2.45, 2.75) is 39.0 Å². The second-order valence-electron chi connectivity index (χ2n) is 6.35. The molecule has 2 heterocycles. The van der Waals surface area contributed by atoms with E-state index in [1.54, 1.807) is 12.3 Å². The van der Waals surface area contributed by atoms with E-state index in [0.717, 1.165) is 29.9 Å². The number of hydrogen-bond donors (Lipinski definition) is 0. The summed E-state index contributed by atoms with van der Waals surface area (Å²) >= 11 is 1.26. The van der Waals surface area contributed by atoms with Crippen LogP contribution < -0.4 is 0 Å². The maximum absolute atomic E-state index is 12.7. The second-order valence-corrected chi connectivity index (χ2v) is 7.28. The van der Waals surface area contributed by atoms with Crippen LogP contribution in [0.1, 0.15) is 30.2 Å². The van der Waals surface area contributed by atoms with Crippen LogP contribution in [-0.2, 0) is 11.3 Å². The van der Waals surface area contributed by atoms with E-state index in [1.165, 1.54) is 17.3 Å². The van der Waals surface area contributed by atoms with Gasteiger partial charge in [0.25, 0.3) is 11.1 Å². The highest BCUT2D eigenvalue weighted by Crippen LogP contribution is 2.26. The van der Waals surface area contributed by atoms with Gasteiger partial charge < -0.3 is 13.7 Å². The van der Waals surface area contributed by atoms with Crippen molar-refractivity contribution in [3.05, 3.63) is 53.5 Å². The minimum absolute atomic E-state index is 0.0571. The first-order chi connectivity index (χ1) is 13.1. The predicted molar refractivity (Wildman–Crippen MR) is 104 cm³/mol. The number of nitrogens with zero attached hydrogens (tertiary/aromatic N) is 3. The summed E-state index contributed by atoms with van der Waals surface area (Å²) in [6.45, 7) is 7.29. The molecule has 27 heavy (non-hydrogen) atoms. The normalized spacial score (nSPS) is 10.9. The molecule has 0 aliphatic carbocycles. The molecule has 0 saturated heterocycles. The number of rotatable bonds is 8. The van der Waals surface area contributed by atoms with Gasteiger partial charge in [-0.3, -0.25) is 4.79 Å². The molecule has 3 aromatic rings. The van der Waals surface area contributed by atoms with Gasteiger partial charge in [0, 0.05) is 13.1 Å². The topological polar surface area (TPSA) is 72.4 Å². The van der Waals surface area contributed by atoms with Crippen LogP contribution in [0.2, 0.25) is 0 Å². The van der Waals surface area contributed by atoms with Crippen molar-refractivity contribution in [2.75, 3.05) is 12.3 Å². The molecular weight excluding hydrogens is 362 g/mol. The number of carbonyl (C=O) groups is 1. The third-order valence-corrected chi connectivity index (χ3v) is 4.96. The SMILES string of the molecule is CCCN(Cc1ccc(C)cc1)C(=O)CSc1nnc(-c2ccoc2C)o1. The minimum atomic E-state index is 0.0571. The highest BCUT2D eigenvalue weighted by atomic mass is 32.2. The van der Waals surface area contributed by atoms with E-state index in [1.807, 2.05) is 11.8 Å². The average molecular weight is 385 g/mol. The zero-order valence-corrected chi connectivity index (χ0v) is 16.6. The monoisotopic (exact) mass is 385 g/mol. The van der Waals surface area contributed by atoms with Crippen molar-refractivity contribution >= 4 is 17.7 Å². The number of benzene rings is 1. The lowest BCUT2D eigenvalue weighted by Crippen LogP contribution is -2.32. The van der Waals surface area contributed by atoms with Gasteiger partial charge in [-0.15, -0.1) is 10.2 Å². The largest absolute Gasteiger partial charge is 0.469 e. The van der Waals surface area contributed by atoms with Crippen molar-refractivity contribution in [3.63, 3.8) is 0 Å². The van der Waals surface area contributed by atoms with E-state index in [0.29, 0.717) is 17.7 Å². The standard InChI is InChI=1S/C20H23N3O3S/c1-4-10-23(12-16-7-5-14(2)6-8-16)18(24)13-27-20-22-21-19(26-20)17-9-11-25-15(17)3/h5-9,11H,4,10,12-13H2,1-3H3. The molecule has 1 amide bonds. The Morgan fingerprint density at radius 1 is 1.15 bits per heavy atom.